The minimum absolute atomic E-state index is 0.00395. The van der Waals surface area contributed by atoms with Gasteiger partial charge in [0.05, 0.1) is 13.7 Å². The molecule has 158 valence electrons. The van der Waals surface area contributed by atoms with Gasteiger partial charge in [0.1, 0.15) is 0 Å². The Morgan fingerprint density at radius 2 is 1.93 bits per heavy atom. The summed E-state index contributed by atoms with van der Waals surface area (Å²) < 4.78 is 35.3. The topological polar surface area (TPSA) is 67.9 Å². The molecule has 3 aromatic rings. The highest BCUT2D eigenvalue weighted by atomic mass is 32.1. The van der Waals surface area contributed by atoms with Crippen molar-refractivity contribution in [1.29, 1.82) is 0 Å². The first-order valence-electron chi connectivity index (χ1n) is 8.99. The molecular formula is C21H20F2N2O4S. The van der Waals surface area contributed by atoms with Crippen LogP contribution in [0.4, 0.5) is 8.78 Å². The van der Waals surface area contributed by atoms with Crippen LogP contribution in [-0.4, -0.2) is 44.0 Å². The molecule has 0 unspecified atom stereocenters. The van der Waals surface area contributed by atoms with Crippen molar-refractivity contribution in [2.45, 2.75) is 13.2 Å². The summed E-state index contributed by atoms with van der Waals surface area (Å²) in [5.74, 6) is -0.971. The quantitative estimate of drug-likeness (QED) is 0.584. The number of benzene rings is 2. The molecule has 0 aliphatic heterocycles. The van der Waals surface area contributed by atoms with Crippen LogP contribution in [0.25, 0.3) is 10.1 Å². The number of halogens is 2. The molecule has 0 spiro atoms. The lowest BCUT2D eigenvalue weighted by atomic mass is 10.1. The second-order valence-corrected chi connectivity index (χ2v) is 7.34. The number of hydrogen-bond acceptors (Lipinski definition) is 5. The van der Waals surface area contributed by atoms with Crippen molar-refractivity contribution in [3.05, 3.63) is 59.0 Å². The van der Waals surface area contributed by atoms with E-state index in [4.69, 9.17) is 4.74 Å². The summed E-state index contributed by atoms with van der Waals surface area (Å²) in [4.78, 5) is 26.3. The van der Waals surface area contributed by atoms with Crippen LogP contribution in [0.15, 0.2) is 47.8 Å². The first kappa shape index (κ1) is 21.5. The number of nitrogens with one attached hydrogen (secondary N) is 1. The van der Waals surface area contributed by atoms with E-state index >= 15 is 0 Å². The van der Waals surface area contributed by atoms with Gasteiger partial charge in [-0.05, 0) is 40.6 Å². The Hall–Kier alpha value is -3.20. The number of carbonyl (C=O) groups is 2. The average molecular weight is 434 g/mol. The highest BCUT2D eigenvalue weighted by Crippen LogP contribution is 2.29. The third kappa shape index (κ3) is 5.04. The largest absolute Gasteiger partial charge is 0.493 e. The summed E-state index contributed by atoms with van der Waals surface area (Å²) in [6.07, 6.45) is 0. The Bertz CT molecular complexity index is 1050. The monoisotopic (exact) mass is 434 g/mol. The standard InChI is InChI=1S/C21H20F2N2O4S/c1-25(11-14-12-30-18-6-4-3-5-15(14)18)19(26)10-24-20(27)13-7-8-16(29-21(22)23)17(9-13)28-2/h3-9,12,21H,10-11H2,1-2H3,(H,24,27). The van der Waals surface area contributed by atoms with Crippen LogP contribution in [0.3, 0.4) is 0 Å². The fourth-order valence-electron chi connectivity index (χ4n) is 2.89. The predicted octanol–water partition coefficient (Wildman–Crippen LogP) is 3.90. The number of thiophene rings is 1. The minimum atomic E-state index is -3.01. The van der Waals surface area contributed by atoms with Crippen LogP contribution in [0, 0.1) is 0 Å². The molecule has 0 aliphatic rings. The molecular weight excluding hydrogens is 414 g/mol. The third-order valence-electron chi connectivity index (χ3n) is 4.44. The number of hydrogen-bond donors (Lipinski definition) is 1. The SMILES string of the molecule is COc1cc(C(=O)NCC(=O)N(C)Cc2csc3ccccc23)ccc1OC(F)F. The molecule has 0 bridgehead atoms. The van der Waals surface area contributed by atoms with E-state index in [1.54, 1.807) is 18.4 Å². The number of carbonyl (C=O) groups excluding carboxylic acids is 2. The van der Waals surface area contributed by atoms with Gasteiger partial charge in [0, 0.05) is 23.9 Å². The van der Waals surface area contributed by atoms with Crippen LogP contribution in [0.5, 0.6) is 11.5 Å². The van der Waals surface area contributed by atoms with Crippen molar-refractivity contribution in [1.82, 2.24) is 10.2 Å². The van der Waals surface area contributed by atoms with Gasteiger partial charge in [-0.2, -0.15) is 8.78 Å². The van der Waals surface area contributed by atoms with E-state index in [1.165, 1.54) is 30.2 Å². The van der Waals surface area contributed by atoms with Crippen molar-refractivity contribution in [2.24, 2.45) is 0 Å². The van der Waals surface area contributed by atoms with Crippen LogP contribution >= 0.6 is 11.3 Å². The normalized spacial score (nSPS) is 10.8. The number of ether oxygens (including phenoxy) is 2. The summed E-state index contributed by atoms with van der Waals surface area (Å²) in [5, 5.41) is 5.65. The Morgan fingerprint density at radius 1 is 1.17 bits per heavy atom. The smallest absolute Gasteiger partial charge is 0.387 e. The zero-order chi connectivity index (χ0) is 21.7. The Kier molecular flexibility index (Phi) is 6.83. The van der Waals surface area contributed by atoms with E-state index in [1.807, 2.05) is 29.6 Å². The zero-order valence-corrected chi connectivity index (χ0v) is 17.2. The van der Waals surface area contributed by atoms with Gasteiger partial charge in [-0.1, -0.05) is 18.2 Å². The number of fused-ring (bicyclic) bond motifs is 1. The van der Waals surface area contributed by atoms with Crippen molar-refractivity contribution in [3.8, 4) is 11.5 Å². The molecule has 2 aromatic carbocycles. The maximum absolute atomic E-state index is 12.4. The Balaban J connectivity index is 1.59. The summed E-state index contributed by atoms with van der Waals surface area (Å²) >= 11 is 1.61. The maximum atomic E-state index is 12.4. The van der Waals surface area contributed by atoms with Gasteiger partial charge in [0.15, 0.2) is 11.5 Å². The molecule has 6 nitrogen and oxygen atoms in total. The first-order valence-corrected chi connectivity index (χ1v) is 9.87. The fraction of sp³-hybridized carbons (Fsp3) is 0.238. The zero-order valence-electron chi connectivity index (χ0n) is 16.4. The minimum Gasteiger partial charge on any atom is -0.493 e. The van der Waals surface area contributed by atoms with Crippen LogP contribution in [0.2, 0.25) is 0 Å². The molecule has 3 rings (SSSR count). The highest BCUT2D eigenvalue weighted by Gasteiger charge is 2.16. The lowest BCUT2D eigenvalue weighted by molar-refractivity contribution is -0.129. The summed E-state index contributed by atoms with van der Waals surface area (Å²) in [6, 6.07) is 11.8. The number of amides is 2. The molecule has 0 aliphatic carbocycles. The molecule has 1 aromatic heterocycles. The first-order chi connectivity index (χ1) is 14.4. The molecule has 0 saturated carbocycles. The van der Waals surface area contributed by atoms with E-state index in [0.717, 1.165) is 15.6 Å². The van der Waals surface area contributed by atoms with Gasteiger partial charge in [-0.3, -0.25) is 9.59 Å². The van der Waals surface area contributed by atoms with Crippen molar-refractivity contribution in [2.75, 3.05) is 20.7 Å². The molecule has 0 radical (unpaired) electrons. The van der Waals surface area contributed by atoms with Crippen LogP contribution in [-0.2, 0) is 11.3 Å². The van der Waals surface area contributed by atoms with Gasteiger partial charge >= 0.3 is 6.61 Å². The molecule has 1 N–H and O–H groups in total. The fourth-order valence-corrected chi connectivity index (χ4v) is 3.85. The molecule has 0 fully saturated rings. The lowest BCUT2D eigenvalue weighted by Crippen LogP contribution is -2.37. The Labute approximate surface area is 176 Å². The van der Waals surface area contributed by atoms with E-state index in [0.29, 0.717) is 6.54 Å². The third-order valence-corrected chi connectivity index (χ3v) is 5.45. The van der Waals surface area contributed by atoms with Gasteiger partial charge in [0.25, 0.3) is 5.91 Å². The Morgan fingerprint density at radius 3 is 2.67 bits per heavy atom. The van der Waals surface area contributed by atoms with Gasteiger partial charge in [-0.15, -0.1) is 11.3 Å². The highest BCUT2D eigenvalue weighted by molar-refractivity contribution is 7.17. The van der Waals surface area contributed by atoms with E-state index < -0.39 is 12.5 Å². The lowest BCUT2D eigenvalue weighted by Gasteiger charge is -2.17. The molecule has 0 atom stereocenters. The van der Waals surface area contributed by atoms with E-state index in [-0.39, 0.29) is 29.5 Å². The van der Waals surface area contributed by atoms with Crippen LogP contribution in [0.1, 0.15) is 15.9 Å². The number of alkyl halides is 2. The van der Waals surface area contributed by atoms with Gasteiger partial charge < -0.3 is 19.7 Å². The number of methoxy groups -OCH3 is 1. The van der Waals surface area contributed by atoms with E-state index in [2.05, 4.69) is 10.1 Å². The summed E-state index contributed by atoms with van der Waals surface area (Å²) in [7, 11) is 2.95. The van der Waals surface area contributed by atoms with Gasteiger partial charge in [0.2, 0.25) is 5.91 Å². The van der Waals surface area contributed by atoms with E-state index in [9.17, 15) is 18.4 Å². The number of nitrogens with zero attached hydrogens (tertiary/aromatic N) is 1. The number of rotatable bonds is 8. The maximum Gasteiger partial charge on any atom is 0.387 e. The van der Waals surface area contributed by atoms with Crippen molar-refractivity contribution in [3.63, 3.8) is 0 Å². The van der Waals surface area contributed by atoms with Crippen molar-refractivity contribution < 1.29 is 27.8 Å². The second kappa shape index (κ2) is 9.53. The van der Waals surface area contributed by atoms with Crippen molar-refractivity contribution >= 4 is 33.2 Å². The number of likely N-dealkylation sites (N-methyl/N-ethyl adjacent to an activating group) is 1. The molecule has 30 heavy (non-hydrogen) atoms. The second-order valence-electron chi connectivity index (χ2n) is 6.43. The summed E-state index contributed by atoms with van der Waals surface area (Å²) in [5.41, 5.74) is 1.20. The predicted molar refractivity (Wildman–Crippen MR) is 110 cm³/mol. The van der Waals surface area contributed by atoms with Gasteiger partial charge in [-0.25, -0.2) is 0 Å². The molecule has 2 amide bonds. The average Bonchev–Trinajstić information content (AvgIpc) is 3.14. The summed E-state index contributed by atoms with van der Waals surface area (Å²) in [6.45, 7) is -2.78. The molecule has 0 saturated heterocycles. The molecule has 9 heteroatoms. The van der Waals surface area contributed by atoms with Crippen LogP contribution < -0.4 is 14.8 Å². The molecule has 1 heterocycles.